The molecular weight excluding hydrogens is 224 g/mol. The van der Waals surface area contributed by atoms with Crippen LogP contribution in [0.25, 0.3) is 0 Å². The molecular formula is C11H16N2O2S. The maximum atomic E-state index is 12.1. The first-order chi connectivity index (χ1) is 7.47. The molecule has 0 fully saturated rings. The summed E-state index contributed by atoms with van der Waals surface area (Å²) in [6.45, 7) is 3.67. The van der Waals surface area contributed by atoms with Crippen molar-refractivity contribution in [2.75, 3.05) is 5.73 Å². The molecule has 0 saturated heterocycles. The standard InChI is InChI=1S/C11H16N2O2S/c1-3-9(11(13)14)16(15)10-5-4-7(2)6-8(10)12/h4-6,9H,3,12H2,1-2H3,(H2,13,14). The van der Waals surface area contributed by atoms with E-state index < -0.39 is 22.0 Å². The van der Waals surface area contributed by atoms with Gasteiger partial charge in [0.25, 0.3) is 0 Å². The van der Waals surface area contributed by atoms with Gasteiger partial charge in [0.2, 0.25) is 5.91 Å². The number of carbonyl (C=O) groups is 1. The van der Waals surface area contributed by atoms with Crippen LogP contribution in [0, 0.1) is 6.92 Å². The van der Waals surface area contributed by atoms with E-state index in [0.29, 0.717) is 17.0 Å². The topological polar surface area (TPSA) is 86.2 Å². The van der Waals surface area contributed by atoms with Gasteiger partial charge in [-0.2, -0.15) is 0 Å². The molecule has 0 aliphatic carbocycles. The highest BCUT2D eigenvalue weighted by Crippen LogP contribution is 2.21. The molecule has 0 aliphatic rings. The number of hydrogen-bond acceptors (Lipinski definition) is 3. The molecule has 0 aliphatic heterocycles. The van der Waals surface area contributed by atoms with Crippen LogP contribution in [0.15, 0.2) is 23.1 Å². The van der Waals surface area contributed by atoms with Crippen molar-refractivity contribution in [1.82, 2.24) is 0 Å². The lowest BCUT2D eigenvalue weighted by Gasteiger charge is -2.12. The van der Waals surface area contributed by atoms with Gasteiger partial charge in [0, 0.05) is 5.69 Å². The van der Waals surface area contributed by atoms with Gasteiger partial charge in [0.1, 0.15) is 5.25 Å². The molecule has 0 bridgehead atoms. The summed E-state index contributed by atoms with van der Waals surface area (Å²) >= 11 is 0. The molecule has 0 heterocycles. The number of carbonyl (C=O) groups excluding carboxylic acids is 1. The fraction of sp³-hybridized carbons (Fsp3) is 0.364. The van der Waals surface area contributed by atoms with E-state index in [1.165, 1.54) is 0 Å². The lowest BCUT2D eigenvalue weighted by molar-refractivity contribution is -0.117. The summed E-state index contributed by atoms with van der Waals surface area (Å²) in [5.41, 5.74) is 12.4. The molecule has 88 valence electrons. The van der Waals surface area contributed by atoms with Crippen LogP contribution in [0.4, 0.5) is 5.69 Å². The van der Waals surface area contributed by atoms with Crippen molar-refractivity contribution in [3.8, 4) is 0 Å². The van der Waals surface area contributed by atoms with Crippen molar-refractivity contribution < 1.29 is 9.00 Å². The SMILES string of the molecule is CCC(C(N)=O)S(=O)c1ccc(C)cc1N. The maximum Gasteiger partial charge on any atom is 0.233 e. The van der Waals surface area contributed by atoms with Crippen molar-refractivity contribution >= 4 is 22.4 Å². The van der Waals surface area contributed by atoms with Crippen LogP contribution in [-0.4, -0.2) is 15.4 Å². The molecule has 0 saturated carbocycles. The van der Waals surface area contributed by atoms with Gasteiger partial charge in [-0.3, -0.25) is 9.00 Å². The average Bonchev–Trinajstić information content (AvgIpc) is 2.17. The smallest absolute Gasteiger partial charge is 0.233 e. The lowest BCUT2D eigenvalue weighted by atomic mass is 10.2. The molecule has 16 heavy (non-hydrogen) atoms. The summed E-state index contributed by atoms with van der Waals surface area (Å²) in [5.74, 6) is -0.555. The Labute approximate surface area is 97.5 Å². The molecule has 1 amide bonds. The molecule has 2 atom stereocenters. The Kier molecular flexibility index (Phi) is 4.06. The Hall–Kier alpha value is -1.36. The fourth-order valence-corrected chi connectivity index (χ4v) is 2.78. The number of nitrogens with two attached hydrogens (primary N) is 2. The van der Waals surface area contributed by atoms with Gasteiger partial charge in [-0.25, -0.2) is 0 Å². The van der Waals surface area contributed by atoms with E-state index in [9.17, 15) is 9.00 Å². The summed E-state index contributed by atoms with van der Waals surface area (Å²) in [6.07, 6.45) is 0.440. The zero-order valence-corrected chi connectivity index (χ0v) is 10.2. The van der Waals surface area contributed by atoms with Crippen molar-refractivity contribution in [3.05, 3.63) is 23.8 Å². The average molecular weight is 240 g/mol. The number of nitrogen functional groups attached to an aromatic ring is 1. The van der Waals surface area contributed by atoms with E-state index in [0.717, 1.165) is 5.56 Å². The molecule has 4 nitrogen and oxygen atoms in total. The van der Waals surface area contributed by atoms with Crippen LogP contribution < -0.4 is 11.5 Å². The second-order valence-corrected chi connectivity index (χ2v) is 5.24. The minimum atomic E-state index is -1.47. The molecule has 1 aromatic rings. The molecule has 1 rings (SSSR count). The third-order valence-electron chi connectivity index (χ3n) is 2.33. The van der Waals surface area contributed by atoms with Gasteiger partial charge in [-0.1, -0.05) is 13.0 Å². The zero-order chi connectivity index (χ0) is 12.3. The van der Waals surface area contributed by atoms with Crippen molar-refractivity contribution in [3.63, 3.8) is 0 Å². The summed E-state index contributed by atoms with van der Waals surface area (Å²) in [5, 5.41) is -0.676. The van der Waals surface area contributed by atoms with Crippen LogP contribution in [0.5, 0.6) is 0 Å². The highest BCUT2D eigenvalue weighted by atomic mass is 32.2. The highest BCUT2D eigenvalue weighted by molar-refractivity contribution is 7.86. The first-order valence-corrected chi connectivity index (χ1v) is 6.24. The fourth-order valence-electron chi connectivity index (χ4n) is 1.46. The highest BCUT2D eigenvalue weighted by Gasteiger charge is 2.23. The third-order valence-corrected chi connectivity index (χ3v) is 4.22. The Morgan fingerprint density at radius 3 is 2.56 bits per heavy atom. The quantitative estimate of drug-likeness (QED) is 0.768. The van der Waals surface area contributed by atoms with Gasteiger partial charge >= 0.3 is 0 Å². The van der Waals surface area contributed by atoms with Gasteiger partial charge in [0.05, 0.1) is 15.7 Å². The molecule has 0 spiro atoms. The number of amides is 1. The second kappa shape index (κ2) is 5.12. The van der Waals surface area contributed by atoms with Crippen LogP contribution in [0.2, 0.25) is 0 Å². The summed E-state index contributed by atoms with van der Waals surface area (Å²) < 4.78 is 12.1. The molecule has 1 aromatic carbocycles. The van der Waals surface area contributed by atoms with Gasteiger partial charge in [-0.15, -0.1) is 0 Å². The van der Waals surface area contributed by atoms with Crippen LogP contribution in [0.3, 0.4) is 0 Å². The molecule has 0 radical (unpaired) electrons. The van der Waals surface area contributed by atoms with E-state index in [4.69, 9.17) is 11.5 Å². The van der Waals surface area contributed by atoms with E-state index in [1.54, 1.807) is 19.1 Å². The molecule has 4 N–H and O–H groups in total. The normalized spacial score (nSPS) is 14.4. The molecule has 5 heteroatoms. The minimum Gasteiger partial charge on any atom is -0.398 e. The summed E-state index contributed by atoms with van der Waals surface area (Å²) in [6, 6.07) is 5.24. The van der Waals surface area contributed by atoms with Gasteiger partial charge < -0.3 is 11.5 Å². The van der Waals surface area contributed by atoms with Crippen molar-refractivity contribution in [2.24, 2.45) is 5.73 Å². The number of hydrogen-bond donors (Lipinski definition) is 2. The van der Waals surface area contributed by atoms with Crippen LogP contribution in [-0.2, 0) is 15.6 Å². The Balaban J connectivity index is 3.09. The van der Waals surface area contributed by atoms with Crippen molar-refractivity contribution in [2.45, 2.75) is 30.4 Å². The minimum absolute atomic E-state index is 0.440. The Bertz CT molecular complexity index is 432. The predicted octanol–water partition coefficient (Wildman–Crippen LogP) is 0.949. The Morgan fingerprint density at radius 1 is 1.50 bits per heavy atom. The summed E-state index contributed by atoms with van der Waals surface area (Å²) in [4.78, 5) is 11.6. The summed E-state index contributed by atoms with van der Waals surface area (Å²) in [7, 11) is -1.47. The van der Waals surface area contributed by atoms with Gasteiger partial charge in [-0.05, 0) is 31.0 Å². The second-order valence-electron chi connectivity index (χ2n) is 3.64. The van der Waals surface area contributed by atoms with Gasteiger partial charge in [0.15, 0.2) is 0 Å². The largest absolute Gasteiger partial charge is 0.398 e. The number of benzene rings is 1. The van der Waals surface area contributed by atoms with Crippen molar-refractivity contribution in [1.29, 1.82) is 0 Å². The number of aryl methyl sites for hydroxylation is 1. The maximum absolute atomic E-state index is 12.1. The zero-order valence-electron chi connectivity index (χ0n) is 9.40. The first-order valence-electron chi connectivity index (χ1n) is 5.03. The van der Waals surface area contributed by atoms with Crippen LogP contribution >= 0.6 is 0 Å². The van der Waals surface area contributed by atoms with E-state index in [1.807, 2.05) is 13.0 Å². The Morgan fingerprint density at radius 2 is 2.12 bits per heavy atom. The molecule has 0 aromatic heterocycles. The van der Waals surface area contributed by atoms with E-state index in [-0.39, 0.29) is 0 Å². The lowest BCUT2D eigenvalue weighted by Crippen LogP contribution is -2.32. The number of primary amides is 1. The number of anilines is 1. The number of rotatable bonds is 4. The third kappa shape index (κ3) is 2.61. The van der Waals surface area contributed by atoms with Crippen LogP contribution in [0.1, 0.15) is 18.9 Å². The van der Waals surface area contributed by atoms with E-state index >= 15 is 0 Å². The monoisotopic (exact) mass is 240 g/mol. The first kappa shape index (κ1) is 12.7. The molecule has 2 unspecified atom stereocenters. The van der Waals surface area contributed by atoms with E-state index in [2.05, 4.69) is 0 Å². The predicted molar refractivity (Wildman–Crippen MR) is 65.3 cm³/mol.